The van der Waals surface area contributed by atoms with Crippen LogP contribution in [-0.2, 0) is 27.3 Å². The third-order valence-electron chi connectivity index (χ3n) is 17.8. The number of likely N-dealkylation sites (tertiary alicyclic amines) is 3. The van der Waals surface area contributed by atoms with Gasteiger partial charge in [-0.25, -0.2) is 14.8 Å². The Morgan fingerprint density at radius 3 is 2.44 bits per heavy atom. The summed E-state index contributed by atoms with van der Waals surface area (Å²) in [5.74, 6) is 2.06. The van der Waals surface area contributed by atoms with E-state index in [1.807, 2.05) is 56.6 Å². The second-order valence-corrected chi connectivity index (χ2v) is 23.4. The van der Waals surface area contributed by atoms with Crippen molar-refractivity contribution in [3.05, 3.63) is 94.9 Å². The van der Waals surface area contributed by atoms with Gasteiger partial charge in [-0.3, -0.25) is 19.3 Å². The molecule has 5 atom stereocenters. The molecule has 8 heterocycles. The highest BCUT2D eigenvalue weighted by molar-refractivity contribution is 5.93. The molecule has 7 N–H and O–H groups in total. The minimum Gasteiger partial charge on any atom is -0.507 e. The zero-order valence-electron chi connectivity index (χ0n) is 44.7. The number of nitrogens with zero attached hydrogens (tertiary/aromatic N) is 9. The second kappa shape index (κ2) is 21.6. The van der Waals surface area contributed by atoms with E-state index in [1.54, 1.807) is 29.2 Å². The van der Waals surface area contributed by atoms with Crippen molar-refractivity contribution < 1.29 is 34.5 Å². The summed E-state index contributed by atoms with van der Waals surface area (Å²) in [6.07, 6.45) is 13.9. The number of aliphatic hydroxyl groups is 1. The molecule has 4 amide bonds. The molecular formula is C58H71N13O7. The monoisotopic (exact) mass is 1060 g/mol. The van der Waals surface area contributed by atoms with E-state index in [0.717, 1.165) is 90.7 Å². The number of carbonyl (C=O) groups excluding carboxylic acids is 3. The second-order valence-electron chi connectivity index (χ2n) is 23.4. The Bertz CT molecular complexity index is 3080. The summed E-state index contributed by atoms with van der Waals surface area (Å²) in [6, 6.07) is 13.9. The van der Waals surface area contributed by atoms with Gasteiger partial charge in [-0.2, -0.15) is 0 Å². The zero-order chi connectivity index (χ0) is 54.5. The molecule has 0 bridgehead atoms. The number of rotatable bonds is 14. The van der Waals surface area contributed by atoms with E-state index in [1.165, 1.54) is 4.90 Å². The fourth-order valence-corrected chi connectivity index (χ4v) is 13.1. The quantitative estimate of drug-likeness (QED) is 0.0777. The number of anilines is 1. The first-order valence-corrected chi connectivity index (χ1v) is 27.6. The topological polar surface area (TPSA) is 249 Å². The number of H-pyrrole nitrogens is 1. The Balaban J connectivity index is 0.684. The van der Waals surface area contributed by atoms with Crippen molar-refractivity contribution in [1.29, 1.82) is 0 Å². The number of nitrogens with one attached hydrogen (secondary N) is 4. The lowest BCUT2D eigenvalue weighted by Crippen LogP contribution is -2.70. The number of aromatic nitrogens is 5. The SMILES string of the molecule is C#Cc1ccc(CNC(=O)[C@@H]2C[C@@H](O)CN2C(=O)[C@H](NC(=O)N2CC3(CC(N4CCC(c5cnc(N6CCc7[nH]c8nnc(-c9ccccc9O)cc8c7[C@H]6C)nc5)CC4)C3)C2)C(C)(C)CCN2CCN[C@@H](C(=O)O)C2)cc1. The Hall–Kier alpha value is -7.18. The number of β-amino-alcohol motifs (C(OH)–C–C–N with tert-alkyl or cyclic N) is 1. The maximum atomic E-state index is 14.8. The van der Waals surface area contributed by atoms with Crippen LogP contribution in [0.3, 0.4) is 0 Å². The molecule has 20 nitrogen and oxygen atoms in total. The van der Waals surface area contributed by atoms with Gasteiger partial charge in [0, 0.05) is 117 Å². The number of fused-ring (bicyclic) bond motifs is 3. The number of aliphatic hydroxyl groups excluding tert-OH is 1. The lowest BCUT2D eigenvalue weighted by Gasteiger charge is -2.61. The summed E-state index contributed by atoms with van der Waals surface area (Å²) in [7, 11) is 0. The molecule has 2 aromatic carbocycles. The maximum absolute atomic E-state index is 14.8. The molecule has 0 radical (unpaired) electrons. The van der Waals surface area contributed by atoms with Crippen molar-refractivity contribution in [2.24, 2.45) is 10.8 Å². The van der Waals surface area contributed by atoms with Gasteiger partial charge in [0.1, 0.15) is 23.9 Å². The molecule has 0 unspecified atom stereocenters. The van der Waals surface area contributed by atoms with E-state index >= 15 is 0 Å². The molecule has 1 aliphatic carbocycles. The third-order valence-corrected chi connectivity index (χ3v) is 17.8. The number of urea groups is 1. The van der Waals surface area contributed by atoms with Crippen LogP contribution in [0.25, 0.3) is 22.3 Å². The van der Waals surface area contributed by atoms with Crippen LogP contribution in [0.2, 0.25) is 0 Å². The van der Waals surface area contributed by atoms with E-state index in [2.05, 4.69) is 58.7 Å². The van der Waals surface area contributed by atoms with Crippen LogP contribution in [0.15, 0.2) is 67.0 Å². The average Bonchev–Trinajstić information content (AvgIpc) is 4.15. The molecule has 78 heavy (non-hydrogen) atoms. The number of carboxylic acids is 1. The highest BCUT2D eigenvalue weighted by atomic mass is 16.4. The standard InChI is InChI=1S/C58H71N13O7/c1-5-36-10-12-37(13-11-36)28-60-52(74)47-24-41(72)31-71(47)53(75)50(57(3,4)17-22-67-23-18-59-46(32-67)54(76)77)64-56(78)69-33-58(34-69)26-40(27-58)68-19-14-38(15-20-68)39-29-61-55(62-30-39)70-21-16-44-49(35(70)2)43-25-45(65-66-51(43)63-44)42-8-6-7-9-48(42)73/h1,6-13,25,29-30,35,38,40-41,46-47,50,59,72-73H,14-24,26-28,31-34H2,2-4H3,(H,60,74)(H,63,66)(H,64,78)(H,76,77)/t35-,41-,46-,47+,50+/m1/s1. The van der Waals surface area contributed by atoms with E-state index < -0.39 is 47.4 Å². The van der Waals surface area contributed by atoms with Gasteiger partial charge < -0.3 is 55.9 Å². The molecule has 5 fully saturated rings. The van der Waals surface area contributed by atoms with Gasteiger partial charge in [-0.15, -0.1) is 16.6 Å². The highest BCUT2D eigenvalue weighted by Crippen LogP contribution is 2.51. The van der Waals surface area contributed by atoms with Crippen LogP contribution in [-0.4, -0.2) is 180 Å². The lowest BCUT2D eigenvalue weighted by atomic mass is 9.60. The van der Waals surface area contributed by atoms with Crippen LogP contribution in [0.1, 0.15) is 99.2 Å². The Morgan fingerprint density at radius 1 is 0.974 bits per heavy atom. The highest BCUT2D eigenvalue weighted by Gasteiger charge is 2.56. The van der Waals surface area contributed by atoms with Crippen molar-refractivity contribution in [2.45, 2.75) is 114 Å². The molecular weight excluding hydrogens is 991 g/mol. The van der Waals surface area contributed by atoms with E-state index in [4.69, 9.17) is 16.4 Å². The van der Waals surface area contributed by atoms with E-state index in [9.17, 15) is 34.5 Å². The van der Waals surface area contributed by atoms with Crippen LogP contribution in [0.5, 0.6) is 5.75 Å². The largest absolute Gasteiger partial charge is 0.507 e. The number of hydrogen-bond acceptors (Lipinski definition) is 14. The van der Waals surface area contributed by atoms with E-state index in [-0.39, 0.29) is 42.7 Å². The predicted octanol–water partition coefficient (Wildman–Crippen LogP) is 4.00. The number of carboxylic acid groups (broad SMARTS) is 1. The van der Waals surface area contributed by atoms with Gasteiger partial charge in [0.15, 0.2) is 5.65 Å². The van der Waals surface area contributed by atoms with Crippen molar-refractivity contribution in [3.8, 4) is 29.4 Å². The Kier molecular flexibility index (Phi) is 14.6. The number of terminal acetylenes is 1. The number of phenols is 1. The number of carbonyl (C=O) groups is 4. The van der Waals surface area contributed by atoms with Crippen molar-refractivity contribution in [1.82, 2.24) is 60.7 Å². The summed E-state index contributed by atoms with van der Waals surface area (Å²) >= 11 is 0. The minimum absolute atomic E-state index is 0.00828. The molecule has 11 rings (SSSR count). The number of aliphatic carboxylic acids is 1. The fraction of sp³-hybridized carbons (Fsp3) is 0.517. The van der Waals surface area contributed by atoms with Crippen LogP contribution < -0.4 is 20.9 Å². The number of aromatic amines is 1. The van der Waals surface area contributed by atoms with E-state index in [0.29, 0.717) is 74.9 Å². The van der Waals surface area contributed by atoms with Gasteiger partial charge in [0.25, 0.3) is 0 Å². The summed E-state index contributed by atoms with van der Waals surface area (Å²) in [5, 5.41) is 50.1. The molecule has 20 heteroatoms. The van der Waals surface area contributed by atoms with Gasteiger partial charge in [0.2, 0.25) is 17.8 Å². The molecule has 410 valence electrons. The summed E-state index contributed by atoms with van der Waals surface area (Å²) < 4.78 is 0. The zero-order valence-corrected chi connectivity index (χ0v) is 44.7. The first kappa shape index (κ1) is 52.9. The number of piperidine rings is 1. The number of phenolic OH excluding ortho intramolecular Hbond substituents is 1. The lowest BCUT2D eigenvalue weighted by molar-refractivity contribution is -0.142. The smallest absolute Gasteiger partial charge is 0.322 e. The summed E-state index contributed by atoms with van der Waals surface area (Å²) in [6.45, 7) is 12.1. The van der Waals surface area contributed by atoms with Crippen LogP contribution >= 0.6 is 0 Å². The molecule has 4 saturated heterocycles. The summed E-state index contributed by atoms with van der Waals surface area (Å²) in [5.41, 5.74) is 6.19. The predicted molar refractivity (Wildman–Crippen MR) is 292 cm³/mol. The minimum atomic E-state index is -1.03. The molecule has 3 aromatic heterocycles. The van der Waals surface area contributed by atoms with Crippen molar-refractivity contribution in [2.75, 3.05) is 70.3 Å². The molecule has 5 aliphatic heterocycles. The summed E-state index contributed by atoms with van der Waals surface area (Å²) in [4.78, 5) is 78.1. The number of amides is 4. The Morgan fingerprint density at radius 2 is 1.72 bits per heavy atom. The number of aromatic hydroxyl groups is 1. The Labute approximate surface area is 454 Å². The number of piperazine rings is 1. The van der Waals surface area contributed by atoms with Crippen molar-refractivity contribution >= 4 is 40.8 Å². The number of para-hydroxylation sites is 1. The maximum Gasteiger partial charge on any atom is 0.322 e. The van der Waals surface area contributed by atoms with Crippen molar-refractivity contribution in [3.63, 3.8) is 0 Å². The first-order chi connectivity index (χ1) is 37.5. The number of benzene rings is 2. The molecule has 5 aromatic rings. The van der Waals surface area contributed by atoms with Gasteiger partial charge in [0.05, 0.1) is 17.8 Å². The first-order valence-electron chi connectivity index (χ1n) is 27.6. The molecule has 6 aliphatic rings. The van der Waals surface area contributed by atoms with Gasteiger partial charge in [-0.05, 0) is 111 Å². The molecule has 1 spiro atoms. The average molecular weight is 1060 g/mol. The molecule has 1 saturated carbocycles. The van der Waals surface area contributed by atoms with Gasteiger partial charge >= 0.3 is 12.0 Å². The third kappa shape index (κ3) is 10.6. The van der Waals surface area contributed by atoms with Crippen LogP contribution in [0, 0.1) is 23.2 Å². The normalized spacial score (nSPS) is 23.3. The van der Waals surface area contributed by atoms with Gasteiger partial charge in [-0.1, -0.05) is 44.0 Å². The number of hydrogen-bond donors (Lipinski definition) is 7. The van der Waals surface area contributed by atoms with Crippen LogP contribution in [0.4, 0.5) is 10.7 Å². The fourth-order valence-electron chi connectivity index (χ4n) is 13.1.